The first-order valence-electron chi connectivity index (χ1n) is 4.14. The van der Waals surface area contributed by atoms with Gasteiger partial charge in [0.1, 0.15) is 0 Å². The minimum Gasteiger partial charge on any atom is -0.390 e. The quantitative estimate of drug-likeness (QED) is 0.560. The van der Waals surface area contributed by atoms with Crippen LogP contribution in [0, 0.1) is 0 Å². The van der Waals surface area contributed by atoms with Crippen LogP contribution in [0.15, 0.2) is 0 Å². The van der Waals surface area contributed by atoms with E-state index in [0.717, 1.165) is 32.2 Å². The van der Waals surface area contributed by atoms with Crippen LogP contribution in [-0.4, -0.2) is 24.3 Å². The Bertz CT molecular complexity index is 99.4. The number of hydrogen-bond donors (Lipinski definition) is 2. The van der Waals surface area contributed by atoms with Gasteiger partial charge in [0, 0.05) is 0 Å². The van der Waals surface area contributed by atoms with E-state index in [2.05, 4.69) is 5.32 Å². The number of nitrogens with one attached hydrogen (secondary N) is 1. The lowest BCUT2D eigenvalue weighted by Gasteiger charge is -2.05. The number of hydrogen-bond acceptors (Lipinski definition) is 2. The van der Waals surface area contributed by atoms with Crippen molar-refractivity contribution in [1.29, 1.82) is 0 Å². The van der Waals surface area contributed by atoms with Crippen molar-refractivity contribution >= 4 is 0 Å². The van der Waals surface area contributed by atoms with Gasteiger partial charge < -0.3 is 10.4 Å². The maximum absolute atomic E-state index is 9.41. The van der Waals surface area contributed by atoms with Crippen LogP contribution in [0.25, 0.3) is 0 Å². The van der Waals surface area contributed by atoms with Gasteiger partial charge in [-0.15, -0.1) is 0 Å². The molecule has 1 aliphatic rings. The molecular formula is C8H17NO. The highest BCUT2D eigenvalue weighted by atomic mass is 16.3. The van der Waals surface area contributed by atoms with E-state index in [1.54, 1.807) is 0 Å². The molecule has 1 fully saturated rings. The normalized spacial score (nSPS) is 21.0. The Morgan fingerprint density at radius 1 is 1.40 bits per heavy atom. The van der Waals surface area contributed by atoms with Crippen molar-refractivity contribution in [2.45, 2.75) is 37.7 Å². The smallest absolute Gasteiger partial charge is 0.0650 e. The highest BCUT2D eigenvalue weighted by Gasteiger charge is 2.38. The van der Waals surface area contributed by atoms with Crippen LogP contribution in [0.3, 0.4) is 0 Å². The lowest BCUT2D eigenvalue weighted by molar-refractivity contribution is 0.136. The second-order valence-electron chi connectivity index (χ2n) is 3.29. The molecule has 1 aliphatic carbocycles. The van der Waals surface area contributed by atoms with Gasteiger partial charge in [0.25, 0.3) is 0 Å². The Kier molecular flexibility index (Phi) is 2.69. The summed E-state index contributed by atoms with van der Waals surface area (Å²) >= 11 is 0. The Balaban J connectivity index is 1.86. The van der Waals surface area contributed by atoms with Crippen molar-refractivity contribution in [3.8, 4) is 0 Å². The molecule has 10 heavy (non-hydrogen) atoms. The minimum atomic E-state index is -0.228. The van der Waals surface area contributed by atoms with Crippen molar-refractivity contribution in [2.75, 3.05) is 13.6 Å². The van der Waals surface area contributed by atoms with Gasteiger partial charge in [-0.25, -0.2) is 0 Å². The van der Waals surface area contributed by atoms with Gasteiger partial charge in [0.05, 0.1) is 5.60 Å². The molecule has 2 N–H and O–H groups in total. The summed E-state index contributed by atoms with van der Waals surface area (Å²) in [4.78, 5) is 0. The summed E-state index contributed by atoms with van der Waals surface area (Å²) < 4.78 is 0. The molecule has 0 aromatic heterocycles. The number of rotatable bonds is 5. The Hall–Kier alpha value is -0.0800. The zero-order chi connectivity index (χ0) is 7.45. The lowest BCUT2D eigenvalue weighted by Crippen LogP contribution is -2.10. The average molecular weight is 143 g/mol. The molecule has 0 aliphatic heterocycles. The fraction of sp³-hybridized carbons (Fsp3) is 1.00. The van der Waals surface area contributed by atoms with E-state index in [0.29, 0.717) is 0 Å². The average Bonchev–Trinajstić information content (AvgIpc) is 2.62. The SMILES string of the molecule is CNCCCCC1(O)CC1. The van der Waals surface area contributed by atoms with E-state index in [1.807, 2.05) is 7.05 Å². The molecule has 1 saturated carbocycles. The predicted molar refractivity (Wildman–Crippen MR) is 42.0 cm³/mol. The van der Waals surface area contributed by atoms with Gasteiger partial charge in [-0.2, -0.15) is 0 Å². The van der Waals surface area contributed by atoms with Crippen LogP contribution >= 0.6 is 0 Å². The Morgan fingerprint density at radius 2 is 2.10 bits per heavy atom. The molecule has 0 atom stereocenters. The first kappa shape index (κ1) is 8.02. The molecule has 0 unspecified atom stereocenters. The van der Waals surface area contributed by atoms with Gasteiger partial charge in [-0.1, -0.05) is 0 Å². The molecule has 60 valence electrons. The molecule has 0 bridgehead atoms. The number of aliphatic hydroxyl groups is 1. The third-order valence-corrected chi connectivity index (χ3v) is 2.15. The summed E-state index contributed by atoms with van der Waals surface area (Å²) in [7, 11) is 1.96. The van der Waals surface area contributed by atoms with Gasteiger partial charge in [0.2, 0.25) is 0 Å². The highest BCUT2D eigenvalue weighted by Crippen LogP contribution is 2.39. The Labute approximate surface area is 62.6 Å². The third kappa shape index (κ3) is 2.67. The summed E-state index contributed by atoms with van der Waals surface area (Å²) in [5.74, 6) is 0. The van der Waals surface area contributed by atoms with Gasteiger partial charge >= 0.3 is 0 Å². The second kappa shape index (κ2) is 3.35. The standard InChI is InChI=1S/C8H17NO/c1-9-7-3-2-4-8(10)5-6-8/h9-10H,2-7H2,1H3. The highest BCUT2D eigenvalue weighted by molar-refractivity contribution is 4.92. The fourth-order valence-electron chi connectivity index (χ4n) is 1.15. The first-order valence-corrected chi connectivity index (χ1v) is 4.14. The van der Waals surface area contributed by atoms with Gasteiger partial charge in [-0.05, 0) is 45.7 Å². The van der Waals surface area contributed by atoms with Crippen molar-refractivity contribution < 1.29 is 5.11 Å². The zero-order valence-electron chi connectivity index (χ0n) is 6.69. The van der Waals surface area contributed by atoms with Crippen LogP contribution in [0.5, 0.6) is 0 Å². The zero-order valence-corrected chi connectivity index (χ0v) is 6.69. The van der Waals surface area contributed by atoms with Gasteiger partial charge in [0.15, 0.2) is 0 Å². The maximum atomic E-state index is 9.41. The molecule has 0 amide bonds. The largest absolute Gasteiger partial charge is 0.390 e. The van der Waals surface area contributed by atoms with E-state index in [4.69, 9.17) is 0 Å². The van der Waals surface area contributed by atoms with E-state index < -0.39 is 0 Å². The van der Waals surface area contributed by atoms with E-state index in [9.17, 15) is 5.11 Å². The Morgan fingerprint density at radius 3 is 2.60 bits per heavy atom. The molecular weight excluding hydrogens is 126 g/mol. The van der Waals surface area contributed by atoms with Crippen molar-refractivity contribution in [3.05, 3.63) is 0 Å². The summed E-state index contributed by atoms with van der Waals surface area (Å²) in [6, 6.07) is 0. The fourth-order valence-corrected chi connectivity index (χ4v) is 1.15. The summed E-state index contributed by atoms with van der Waals surface area (Å²) in [5.41, 5.74) is -0.228. The summed E-state index contributed by atoms with van der Waals surface area (Å²) in [5, 5.41) is 12.5. The molecule has 2 heteroatoms. The van der Waals surface area contributed by atoms with Crippen LogP contribution in [0.1, 0.15) is 32.1 Å². The third-order valence-electron chi connectivity index (χ3n) is 2.15. The molecule has 0 aromatic carbocycles. The van der Waals surface area contributed by atoms with E-state index in [-0.39, 0.29) is 5.60 Å². The molecule has 0 radical (unpaired) electrons. The molecule has 2 nitrogen and oxygen atoms in total. The van der Waals surface area contributed by atoms with Crippen LogP contribution < -0.4 is 5.32 Å². The van der Waals surface area contributed by atoms with Crippen LogP contribution in [-0.2, 0) is 0 Å². The van der Waals surface area contributed by atoms with Crippen LogP contribution in [0.4, 0.5) is 0 Å². The second-order valence-corrected chi connectivity index (χ2v) is 3.29. The summed E-state index contributed by atoms with van der Waals surface area (Å²) in [6.07, 6.45) is 5.43. The van der Waals surface area contributed by atoms with Crippen molar-refractivity contribution in [3.63, 3.8) is 0 Å². The lowest BCUT2D eigenvalue weighted by atomic mass is 10.1. The summed E-state index contributed by atoms with van der Waals surface area (Å²) in [6.45, 7) is 1.08. The minimum absolute atomic E-state index is 0.228. The van der Waals surface area contributed by atoms with E-state index in [1.165, 1.54) is 6.42 Å². The van der Waals surface area contributed by atoms with E-state index >= 15 is 0 Å². The van der Waals surface area contributed by atoms with Crippen molar-refractivity contribution in [2.24, 2.45) is 0 Å². The van der Waals surface area contributed by atoms with Crippen molar-refractivity contribution in [1.82, 2.24) is 5.32 Å². The predicted octanol–water partition coefficient (Wildman–Crippen LogP) is 0.901. The number of unbranched alkanes of at least 4 members (excludes halogenated alkanes) is 1. The molecule has 0 heterocycles. The molecule has 1 rings (SSSR count). The monoisotopic (exact) mass is 143 g/mol. The molecule has 0 spiro atoms. The van der Waals surface area contributed by atoms with Crippen LogP contribution in [0.2, 0.25) is 0 Å². The topological polar surface area (TPSA) is 32.3 Å². The molecule has 0 aromatic rings. The maximum Gasteiger partial charge on any atom is 0.0650 e. The first-order chi connectivity index (χ1) is 4.77. The molecule has 0 saturated heterocycles. The van der Waals surface area contributed by atoms with Gasteiger partial charge in [-0.3, -0.25) is 0 Å².